The molecule has 0 spiro atoms. The highest BCUT2D eigenvalue weighted by Crippen LogP contribution is 2.27. The average molecular weight is 311 g/mol. The molecule has 1 aliphatic rings. The van der Waals surface area contributed by atoms with Crippen LogP contribution >= 0.6 is 15.9 Å². The number of hydrogen-bond acceptors (Lipinski definition) is 2. The Kier molecular flexibility index (Phi) is 4.44. The Hall–Kier alpha value is -0.830. The first-order valence-corrected chi connectivity index (χ1v) is 7.43. The fourth-order valence-corrected chi connectivity index (χ4v) is 2.79. The first-order chi connectivity index (χ1) is 8.56. The van der Waals surface area contributed by atoms with E-state index in [2.05, 4.69) is 29.8 Å². The van der Waals surface area contributed by atoms with Crippen LogP contribution < -0.4 is 4.74 Å². The van der Waals surface area contributed by atoms with Crippen molar-refractivity contribution in [1.29, 1.82) is 0 Å². The maximum atomic E-state index is 12.1. The summed E-state index contributed by atoms with van der Waals surface area (Å²) in [7, 11) is 0. The lowest BCUT2D eigenvalue weighted by atomic mass is 10.0. The predicted octanol–water partition coefficient (Wildman–Crippen LogP) is 4.22. The minimum absolute atomic E-state index is 0.0901. The molecule has 1 atom stereocenters. The molecule has 0 N–H and O–H groups in total. The first-order valence-electron chi connectivity index (χ1n) is 6.51. The monoisotopic (exact) mass is 310 g/mol. The molecule has 1 aliphatic carbocycles. The maximum Gasteiger partial charge on any atom is 0.176 e. The van der Waals surface area contributed by atoms with Crippen molar-refractivity contribution in [3.8, 4) is 5.75 Å². The topological polar surface area (TPSA) is 26.3 Å². The van der Waals surface area contributed by atoms with Crippen molar-refractivity contribution in [3.05, 3.63) is 29.8 Å². The summed E-state index contributed by atoms with van der Waals surface area (Å²) in [5.74, 6) is 1.53. The summed E-state index contributed by atoms with van der Waals surface area (Å²) in [6, 6.07) is 7.49. The lowest BCUT2D eigenvalue weighted by Gasteiger charge is -2.11. The summed E-state index contributed by atoms with van der Waals surface area (Å²) in [5.41, 5.74) is 0.751. The molecule has 0 aliphatic heterocycles. The van der Waals surface area contributed by atoms with Crippen molar-refractivity contribution in [1.82, 2.24) is 0 Å². The maximum absolute atomic E-state index is 12.1. The molecule has 1 unspecified atom stereocenters. The highest BCUT2D eigenvalue weighted by Gasteiger charge is 2.23. The zero-order chi connectivity index (χ0) is 13.1. The molecule has 2 nitrogen and oxygen atoms in total. The van der Waals surface area contributed by atoms with Crippen LogP contribution in [0.4, 0.5) is 0 Å². The normalized spacial score (nSPS) is 16.7. The Morgan fingerprint density at radius 2 is 1.94 bits per heavy atom. The molecule has 18 heavy (non-hydrogen) atoms. The highest BCUT2D eigenvalue weighted by atomic mass is 79.9. The van der Waals surface area contributed by atoms with Crippen LogP contribution in [-0.2, 0) is 0 Å². The molecule has 0 radical (unpaired) electrons. The fraction of sp³-hybridized carbons (Fsp3) is 0.533. The van der Waals surface area contributed by atoms with Crippen molar-refractivity contribution in [2.24, 2.45) is 5.92 Å². The van der Waals surface area contributed by atoms with Gasteiger partial charge in [-0.3, -0.25) is 4.79 Å². The van der Waals surface area contributed by atoms with Crippen LogP contribution in [0, 0.1) is 5.92 Å². The van der Waals surface area contributed by atoms with Crippen LogP contribution in [-0.4, -0.2) is 16.7 Å². The summed E-state index contributed by atoms with van der Waals surface area (Å²) < 4.78 is 5.66. The summed E-state index contributed by atoms with van der Waals surface area (Å²) >= 11 is 3.47. The Bertz CT molecular complexity index is 407. The molecule has 1 saturated carbocycles. The number of ketones is 1. The second kappa shape index (κ2) is 5.87. The molecule has 1 aromatic carbocycles. The number of benzene rings is 1. The second-order valence-corrected chi connectivity index (χ2v) is 6.41. The van der Waals surface area contributed by atoms with Gasteiger partial charge < -0.3 is 4.74 Å². The van der Waals surface area contributed by atoms with Gasteiger partial charge in [0.1, 0.15) is 5.75 Å². The third kappa shape index (κ3) is 3.84. The van der Waals surface area contributed by atoms with E-state index in [0.29, 0.717) is 12.0 Å². The number of alkyl halides is 1. The van der Waals surface area contributed by atoms with Gasteiger partial charge in [-0.15, -0.1) is 0 Å². The van der Waals surface area contributed by atoms with Gasteiger partial charge in [0, 0.05) is 5.56 Å². The summed E-state index contributed by atoms with van der Waals surface area (Å²) in [6.45, 7) is 4.24. The second-order valence-electron chi connectivity index (χ2n) is 5.30. The molecular weight excluding hydrogens is 292 g/mol. The Morgan fingerprint density at radius 1 is 1.33 bits per heavy atom. The Labute approximate surface area is 117 Å². The van der Waals surface area contributed by atoms with Crippen molar-refractivity contribution in [2.45, 2.75) is 44.0 Å². The zero-order valence-electron chi connectivity index (χ0n) is 10.9. The third-order valence-corrected chi connectivity index (χ3v) is 3.72. The standard InChI is InChI=1S/C15H19BrO2/c1-10(2)9-14(16)15(17)11-3-5-12(6-4-11)18-13-7-8-13/h3-6,10,13-14H,7-9H2,1-2H3. The predicted molar refractivity (Wildman–Crippen MR) is 76.6 cm³/mol. The summed E-state index contributed by atoms with van der Waals surface area (Å²) in [6.07, 6.45) is 3.56. The lowest BCUT2D eigenvalue weighted by molar-refractivity contribution is 0.0984. The highest BCUT2D eigenvalue weighted by molar-refractivity contribution is 9.10. The first kappa shape index (κ1) is 13.6. The molecular formula is C15H19BrO2. The van der Waals surface area contributed by atoms with Gasteiger partial charge >= 0.3 is 0 Å². The number of carbonyl (C=O) groups is 1. The van der Waals surface area contributed by atoms with Crippen molar-refractivity contribution < 1.29 is 9.53 Å². The lowest BCUT2D eigenvalue weighted by Crippen LogP contribution is -2.16. The smallest absolute Gasteiger partial charge is 0.176 e. The molecule has 3 heteroatoms. The van der Waals surface area contributed by atoms with Crippen LogP contribution in [0.3, 0.4) is 0 Å². The van der Waals surface area contributed by atoms with Crippen molar-refractivity contribution in [3.63, 3.8) is 0 Å². The molecule has 1 aromatic rings. The fourth-order valence-electron chi connectivity index (χ4n) is 1.78. The zero-order valence-corrected chi connectivity index (χ0v) is 12.4. The van der Waals surface area contributed by atoms with Crippen LogP contribution in [0.25, 0.3) is 0 Å². The number of ether oxygens (including phenoxy) is 1. The average Bonchev–Trinajstić information content (AvgIpc) is 3.12. The molecule has 0 bridgehead atoms. The van der Waals surface area contributed by atoms with E-state index in [4.69, 9.17) is 4.74 Å². The van der Waals surface area contributed by atoms with Gasteiger partial charge in [-0.2, -0.15) is 0 Å². The molecule has 98 valence electrons. The molecule has 0 aromatic heterocycles. The number of halogens is 1. The number of hydrogen-bond donors (Lipinski definition) is 0. The van der Waals surface area contributed by atoms with E-state index in [1.165, 1.54) is 0 Å². The van der Waals surface area contributed by atoms with E-state index in [1.54, 1.807) is 0 Å². The Morgan fingerprint density at radius 3 is 2.44 bits per heavy atom. The minimum atomic E-state index is -0.0901. The molecule has 0 amide bonds. The Balaban J connectivity index is 1.96. The van der Waals surface area contributed by atoms with Crippen LogP contribution in [0.15, 0.2) is 24.3 Å². The van der Waals surface area contributed by atoms with Gasteiger partial charge in [0.15, 0.2) is 5.78 Å². The summed E-state index contributed by atoms with van der Waals surface area (Å²) in [5, 5.41) is 0. The van der Waals surface area contributed by atoms with Gasteiger partial charge in [0.05, 0.1) is 10.9 Å². The van der Waals surface area contributed by atoms with E-state index in [-0.39, 0.29) is 10.6 Å². The van der Waals surface area contributed by atoms with Crippen LogP contribution in [0.2, 0.25) is 0 Å². The minimum Gasteiger partial charge on any atom is -0.490 e. The summed E-state index contributed by atoms with van der Waals surface area (Å²) in [4.78, 5) is 12.0. The number of carbonyl (C=O) groups excluding carboxylic acids is 1. The van der Waals surface area contributed by atoms with Crippen LogP contribution in [0.5, 0.6) is 5.75 Å². The van der Waals surface area contributed by atoms with E-state index < -0.39 is 0 Å². The van der Waals surface area contributed by atoms with Gasteiger partial charge in [-0.05, 0) is 49.4 Å². The molecule has 1 fully saturated rings. The molecule has 0 saturated heterocycles. The van der Waals surface area contributed by atoms with Gasteiger partial charge in [0.2, 0.25) is 0 Å². The van der Waals surface area contributed by atoms with Crippen LogP contribution in [0.1, 0.15) is 43.5 Å². The molecule has 0 heterocycles. The van der Waals surface area contributed by atoms with Gasteiger partial charge in [-0.25, -0.2) is 0 Å². The quantitative estimate of drug-likeness (QED) is 0.581. The SMILES string of the molecule is CC(C)CC(Br)C(=O)c1ccc(OC2CC2)cc1. The largest absolute Gasteiger partial charge is 0.490 e. The third-order valence-electron chi connectivity index (χ3n) is 2.93. The van der Waals surface area contributed by atoms with Gasteiger partial charge in [-0.1, -0.05) is 29.8 Å². The number of rotatable bonds is 6. The molecule has 2 rings (SSSR count). The van der Waals surface area contributed by atoms with Crippen molar-refractivity contribution in [2.75, 3.05) is 0 Å². The van der Waals surface area contributed by atoms with Gasteiger partial charge in [0.25, 0.3) is 0 Å². The number of Topliss-reactive ketones (excluding diaryl/α,β-unsaturated/α-hetero) is 1. The van der Waals surface area contributed by atoms with E-state index in [0.717, 1.165) is 30.6 Å². The van der Waals surface area contributed by atoms with E-state index in [1.807, 2.05) is 24.3 Å². The van der Waals surface area contributed by atoms with E-state index in [9.17, 15) is 4.79 Å². The van der Waals surface area contributed by atoms with Crippen molar-refractivity contribution >= 4 is 21.7 Å². The van der Waals surface area contributed by atoms with E-state index >= 15 is 0 Å².